The summed E-state index contributed by atoms with van der Waals surface area (Å²) in [6.07, 6.45) is 0. The fourth-order valence-electron chi connectivity index (χ4n) is 2.52. The number of carbonyl (C=O) groups is 1. The summed E-state index contributed by atoms with van der Waals surface area (Å²) in [5.74, 6) is 0.114. The molecule has 0 atom stereocenters. The number of para-hydroxylation sites is 1. The van der Waals surface area contributed by atoms with E-state index < -0.39 is 0 Å². The number of nitrogens with zero attached hydrogens (tertiary/aromatic N) is 2. The summed E-state index contributed by atoms with van der Waals surface area (Å²) < 4.78 is 0. The van der Waals surface area contributed by atoms with E-state index in [4.69, 9.17) is 0 Å². The van der Waals surface area contributed by atoms with Crippen molar-refractivity contribution >= 4 is 29.2 Å². The van der Waals surface area contributed by atoms with Crippen LogP contribution in [0.25, 0.3) is 10.9 Å². The van der Waals surface area contributed by atoms with Crippen LogP contribution in [0.3, 0.4) is 0 Å². The first kappa shape index (κ1) is 14.8. The lowest BCUT2D eigenvalue weighted by Crippen LogP contribution is -2.46. The molecule has 1 aliphatic heterocycles. The van der Waals surface area contributed by atoms with Crippen LogP contribution in [0, 0.1) is 6.92 Å². The first-order valence-corrected chi connectivity index (χ1v) is 6.62. The topological polar surface area (TPSA) is 45.2 Å². The second kappa shape index (κ2) is 6.20. The minimum absolute atomic E-state index is 0. The minimum Gasteiger partial charge on any atom is -0.336 e. The van der Waals surface area contributed by atoms with Gasteiger partial charge in [0.2, 0.25) is 0 Å². The van der Waals surface area contributed by atoms with Gasteiger partial charge in [0.25, 0.3) is 5.91 Å². The van der Waals surface area contributed by atoms with Crippen LogP contribution < -0.4 is 5.32 Å². The maximum absolute atomic E-state index is 12.6. The Labute approximate surface area is 124 Å². The van der Waals surface area contributed by atoms with Crippen molar-refractivity contribution in [1.82, 2.24) is 15.2 Å². The van der Waals surface area contributed by atoms with Gasteiger partial charge in [-0.1, -0.05) is 18.2 Å². The van der Waals surface area contributed by atoms with Crippen molar-refractivity contribution in [1.29, 1.82) is 0 Å². The van der Waals surface area contributed by atoms with Crippen molar-refractivity contribution in [3.05, 3.63) is 41.6 Å². The number of halogens is 1. The molecular formula is C15H18ClN3O. The molecule has 1 aliphatic rings. The van der Waals surface area contributed by atoms with E-state index in [1.54, 1.807) is 0 Å². The molecule has 0 saturated carbocycles. The van der Waals surface area contributed by atoms with Crippen LogP contribution in [0.15, 0.2) is 30.3 Å². The molecule has 1 fully saturated rings. The van der Waals surface area contributed by atoms with Gasteiger partial charge in [-0.3, -0.25) is 9.78 Å². The van der Waals surface area contributed by atoms with Gasteiger partial charge in [0.05, 0.1) is 11.1 Å². The molecule has 5 heteroatoms. The van der Waals surface area contributed by atoms with Crippen molar-refractivity contribution in [3.8, 4) is 0 Å². The number of aromatic nitrogens is 1. The maximum atomic E-state index is 12.6. The highest BCUT2D eigenvalue weighted by Gasteiger charge is 2.20. The van der Waals surface area contributed by atoms with Crippen LogP contribution in [0.1, 0.15) is 16.1 Å². The SMILES string of the molecule is Cc1cc(C(=O)N2CCNCC2)c2ccccc2n1.Cl. The highest BCUT2D eigenvalue weighted by molar-refractivity contribution is 6.06. The number of nitrogens with one attached hydrogen (secondary N) is 1. The summed E-state index contributed by atoms with van der Waals surface area (Å²) >= 11 is 0. The molecule has 1 N–H and O–H groups in total. The van der Waals surface area contributed by atoms with E-state index in [0.717, 1.165) is 48.3 Å². The van der Waals surface area contributed by atoms with Crippen LogP contribution >= 0.6 is 12.4 Å². The number of piperazine rings is 1. The van der Waals surface area contributed by atoms with Gasteiger partial charge in [0.1, 0.15) is 0 Å². The molecule has 4 nitrogen and oxygen atoms in total. The van der Waals surface area contributed by atoms with E-state index in [1.165, 1.54) is 0 Å². The Hall–Kier alpha value is -1.65. The van der Waals surface area contributed by atoms with E-state index in [1.807, 2.05) is 42.2 Å². The average molecular weight is 292 g/mol. The molecule has 1 saturated heterocycles. The fourth-order valence-corrected chi connectivity index (χ4v) is 2.52. The third kappa shape index (κ3) is 2.76. The quantitative estimate of drug-likeness (QED) is 0.874. The lowest BCUT2D eigenvalue weighted by molar-refractivity contribution is 0.0737. The van der Waals surface area contributed by atoms with Crippen LogP contribution in [0.4, 0.5) is 0 Å². The van der Waals surface area contributed by atoms with Gasteiger partial charge in [-0.25, -0.2) is 0 Å². The van der Waals surface area contributed by atoms with Crippen molar-refractivity contribution in [2.45, 2.75) is 6.92 Å². The van der Waals surface area contributed by atoms with Gasteiger partial charge in [0, 0.05) is 37.3 Å². The number of benzene rings is 1. The van der Waals surface area contributed by atoms with E-state index in [2.05, 4.69) is 10.3 Å². The minimum atomic E-state index is 0. The predicted molar refractivity (Wildman–Crippen MR) is 82.5 cm³/mol. The second-order valence-electron chi connectivity index (χ2n) is 4.87. The number of aryl methyl sites for hydroxylation is 1. The largest absolute Gasteiger partial charge is 0.336 e. The lowest BCUT2D eigenvalue weighted by Gasteiger charge is -2.27. The molecule has 1 aromatic carbocycles. The van der Waals surface area contributed by atoms with E-state index in [9.17, 15) is 4.79 Å². The van der Waals surface area contributed by atoms with Crippen molar-refractivity contribution < 1.29 is 4.79 Å². The Balaban J connectivity index is 0.00000147. The summed E-state index contributed by atoms with van der Waals surface area (Å²) in [6.45, 7) is 5.21. The normalized spacial score (nSPS) is 14.9. The molecular weight excluding hydrogens is 274 g/mol. The molecule has 0 unspecified atom stereocenters. The summed E-state index contributed by atoms with van der Waals surface area (Å²) in [6, 6.07) is 9.72. The molecule has 0 radical (unpaired) electrons. The molecule has 2 heterocycles. The zero-order valence-electron chi connectivity index (χ0n) is 11.4. The van der Waals surface area contributed by atoms with Crippen LogP contribution in [-0.2, 0) is 0 Å². The van der Waals surface area contributed by atoms with Gasteiger partial charge >= 0.3 is 0 Å². The van der Waals surface area contributed by atoms with Crippen LogP contribution in [0.2, 0.25) is 0 Å². The zero-order chi connectivity index (χ0) is 13.2. The summed E-state index contributed by atoms with van der Waals surface area (Å²) in [5, 5.41) is 4.20. The van der Waals surface area contributed by atoms with E-state index in [0.29, 0.717) is 0 Å². The number of fused-ring (bicyclic) bond motifs is 1. The van der Waals surface area contributed by atoms with E-state index in [-0.39, 0.29) is 18.3 Å². The van der Waals surface area contributed by atoms with Gasteiger partial charge in [-0.15, -0.1) is 12.4 Å². The number of hydrogen-bond acceptors (Lipinski definition) is 3. The molecule has 106 valence electrons. The Morgan fingerprint density at radius 1 is 1.25 bits per heavy atom. The predicted octanol–water partition coefficient (Wildman–Crippen LogP) is 2.01. The van der Waals surface area contributed by atoms with Gasteiger partial charge in [0.15, 0.2) is 0 Å². The second-order valence-corrected chi connectivity index (χ2v) is 4.87. The Bertz CT molecular complexity index is 624. The molecule has 1 amide bonds. The summed E-state index contributed by atoms with van der Waals surface area (Å²) in [4.78, 5) is 19.0. The third-order valence-corrected chi connectivity index (χ3v) is 3.48. The number of rotatable bonds is 1. The highest BCUT2D eigenvalue weighted by Crippen LogP contribution is 2.20. The summed E-state index contributed by atoms with van der Waals surface area (Å²) in [7, 11) is 0. The maximum Gasteiger partial charge on any atom is 0.254 e. The Morgan fingerprint density at radius 2 is 1.95 bits per heavy atom. The van der Waals surface area contributed by atoms with Crippen LogP contribution in [0.5, 0.6) is 0 Å². The lowest BCUT2D eigenvalue weighted by atomic mass is 10.1. The third-order valence-electron chi connectivity index (χ3n) is 3.48. The van der Waals surface area contributed by atoms with Gasteiger partial charge in [-0.05, 0) is 19.1 Å². The van der Waals surface area contributed by atoms with Crippen molar-refractivity contribution in [2.75, 3.05) is 26.2 Å². The molecule has 2 aromatic rings. The van der Waals surface area contributed by atoms with Crippen molar-refractivity contribution in [2.24, 2.45) is 0 Å². The zero-order valence-corrected chi connectivity index (χ0v) is 12.2. The molecule has 1 aromatic heterocycles. The average Bonchev–Trinajstić information content (AvgIpc) is 2.46. The van der Waals surface area contributed by atoms with E-state index >= 15 is 0 Å². The molecule has 3 rings (SSSR count). The number of hydrogen-bond donors (Lipinski definition) is 1. The first-order valence-electron chi connectivity index (χ1n) is 6.62. The number of pyridine rings is 1. The molecule has 20 heavy (non-hydrogen) atoms. The monoisotopic (exact) mass is 291 g/mol. The molecule has 0 spiro atoms. The van der Waals surface area contributed by atoms with Gasteiger partial charge < -0.3 is 10.2 Å². The number of amides is 1. The Morgan fingerprint density at radius 3 is 2.70 bits per heavy atom. The van der Waals surface area contributed by atoms with Crippen LogP contribution in [-0.4, -0.2) is 42.0 Å². The van der Waals surface area contributed by atoms with Crippen molar-refractivity contribution in [3.63, 3.8) is 0 Å². The number of carbonyl (C=O) groups excluding carboxylic acids is 1. The van der Waals surface area contributed by atoms with Gasteiger partial charge in [-0.2, -0.15) is 0 Å². The fraction of sp³-hybridized carbons (Fsp3) is 0.333. The summed E-state index contributed by atoms with van der Waals surface area (Å²) in [5.41, 5.74) is 2.54. The first-order chi connectivity index (χ1) is 9.25. The smallest absolute Gasteiger partial charge is 0.254 e. The molecule has 0 bridgehead atoms. The standard InChI is InChI=1S/C15H17N3O.ClH/c1-11-10-13(12-4-2-3-5-14(12)17-11)15(19)18-8-6-16-7-9-18;/h2-5,10,16H,6-9H2,1H3;1H. The highest BCUT2D eigenvalue weighted by atomic mass is 35.5. The Kier molecular flexibility index (Phi) is 4.57. The molecule has 0 aliphatic carbocycles.